The Morgan fingerprint density at radius 1 is 0.727 bits per heavy atom. The summed E-state index contributed by atoms with van der Waals surface area (Å²) in [4.78, 5) is 0. The van der Waals surface area contributed by atoms with Gasteiger partial charge in [0, 0.05) is 6.61 Å². The Morgan fingerprint density at radius 3 is 1.41 bits per heavy atom. The highest BCUT2D eigenvalue weighted by Crippen LogP contribution is 2.16. The fourth-order valence-corrected chi connectivity index (χ4v) is 3.70. The van der Waals surface area contributed by atoms with Crippen LogP contribution >= 0.6 is 0 Å². The van der Waals surface area contributed by atoms with Crippen molar-refractivity contribution in [1.29, 1.82) is 0 Å². The number of hydrogen-bond acceptors (Lipinski definition) is 3. The van der Waals surface area contributed by atoms with Gasteiger partial charge in [-0.25, -0.2) is 0 Å². The predicted molar refractivity (Wildman–Crippen MR) is 92.7 cm³/mol. The fourth-order valence-electron chi connectivity index (χ4n) is 2.82. The van der Waals surface area contributed by atoms with Crippen LogP contribution in [-0.2, 0) is 10.1 Å². The van der Waals surface area contributed by atoms with Gasteiger partial charge in [0.1, 0.15) is 0 Å². The van der Waals surface area contributed by atoms with Crippen molar-refractivity contribution in [3.05, 3.63) is 0 Å². The molecule has 0 bridgehead atoms. The van der Waals surface area contributed by atoms with E-state index in [1.54, 1.807) is 0 Å². The second kappa shape index (κ2) is 14.5. The summed E-state index contributed by atoms with van der Waals surface area (Å²) in [6.45, 7) is 2.13. The van der Waals surface area contributed by atoms with E-state index >= 15 is 0 Å². The van der Waals surface area contributed by atoms with Crippen molar-refractivity contribution in [1.82, 2.24) is 0 Å². The van der Waals surface area contributed by atoms with Crippen LogP contribution < -0.4 is 0 Å². The molecule has 0 amide bonds. The Hall–Kier alpha value is -0.130. The maximum Gasteiger partial charge on any atom is 0.267 e. The average molecular weight is 337 g/mol. The standard InChI is InChI=1S/C17H36O4S/c1-2-17(22(19,20)21)15-13-11-9-7-5-3-4-6-8-10-12-14-16-18/h17-18H,2-16H2,1H3,(H,19,20,21). The van der Waals surface area contributed by atoms with Gasteiger partial charge in [-0.3, -0.25) is 4.55 Å². The second-order valence-electron chi connectivity index (χ2n) is 6.30. The van der Waals surface area contributed by atoms with Gasteiger partial charge >= 0.3 is 0 Å². The number of aliphatic hydroxyl groups is 1. The summed E-state index contributed by atoms with van der Waals surface area (Å²) in [5.41, 5.74) is 0. The van der Waals surface area contributed by atoms with E-state index in [2.05, 4.69) is 0 Å². The summed E-state index contributed by atoms with van der Waals surface area (Å²) in [6.07, 6.45) is 15.2. The molecular formula is C17H36O4S. The third-order valence-corrected chi connectivity index (χ3v) is 5.72. The highest BCUT2D eigenvalue weighted by Gasteiger charge is 2.19. The molecule has 1 atom stereocenters. The van der Waals surface area contributed by atoms with Crippen LogP contribution in [0.2, 0.25) is 0 Å². The van der Waals surface area contributed by atoms with E-state index in [9.17, 15) is 8.42 Å². The first-order valence-corrected chi connectivity index (χ1v) is 10.6. The molecule has 0 saturated heterocycles. The summed E-state index contributed by atoms with van der Waals surface area (Å²) < 4.78 is 31.1. The number of rotatable bonds is 16. The molecule has 0 saturated carbocycles. The van der Waals surface area contributed by atoms with Gasteiger partial charge in [-0.1, -0.05) is 77.6 Å². The monoisotopic (exact) mass is 336 g/mol. The molecule has 0 aromatic carbocycles. The molecule has 0 aliphatic carbocycles. The minimum atomic E-state index is -3.85. The van der Waals surface area contributed by atoms with E-state index in [1.165, 1.54) is 51.4 Å². The molecule has 5 heteroatoms. The van der Waals surface area contributed by atoms with Crippen molar-refractivity contribution in [2.45, 2.75) is 102 Å². The maximum absolute atomic E-state index is 11.1. The van der Waals surface area contributed by atoms with Gasteiger partial charge in [-0.2, -0.15) is 8.42 Å². The lowest BCUT2D eigenvalue weighted by Gasteiger charge is -2.10. The fraction of sp³-hybridized carbons (Fsp3) is 1.00. The van der Waals surface area contributed by atoms with Crippen LogP contribution in [0.15, 0.2) is 0 Å². The quantitative estimate of drug-likeness (QED) is 0.316. The van der Waals surface area contributed by atoms with Crippen LogP contribution in [0.1, 0.15) is 96.8 Å². The van der Waals surface area contributed by atoms with Gasteiger partial charge in [0.2, 0.25) is 0 Å². The molecule has 0 aliphatic heterocycles. The van der Waals surface area contributed by atoms with Crippen LogP contribution in [-0.4, -0.2) is 29.9 Å². The first-order chi connectivity index (χ1) is 10.5. The molecule has 0 fully saturated rings. The highest BCUT2D eigenvalue weighted by atomic mass is 32.2. The van der Waals surface area contributed by atoms with Crippen molar-refractivity contribution in [2.24, 2.45) is 0 Å². The van der Waals surface area contributed by atoms with E-state index in [0.717, 1.165) is 25.7 Å². The van der Waals surface area contributed by atoms with E-state index in [4.69, 9.17) is 9.66 Å². The summed E-state index contributed by atoms with van der Waals surface area (Å²) in [6, 6.07) is 0. The molecule has 1 unspecified atom stereocenters. The lowest BCUT2D eigenvalue weighted by Crippen LogP contribution is -2.19. The third kappa shape index (κ3) is 13.5. The summed E-state index contributed by atoms with van der Waals surface area (Å²) in [5, 5.41) is 8.10. The summed E-state index contributed by atoms with van der Waals surface area (Å²) in [5.74, 6) is 0. The topological polar surface area (TPSA) is 74.6 Å². The lowest BCUT2D eigenvalue weighted by atomic mass is 10.0. The van der Waals surface area contributed by atoms with E-state index < -0.39 is 15.4 Å². The molecule has 0 aliphatic rings. The molecule has 0 radical (unpaired) electrons. The van der Waals surface area contributed by atoms with Gasteiger partial charge in [-0.15, -0.1) is 0 Å². The molecule has 0 spiro atoms. The van der Waals surface area contributed by atoms with Crippen LogP contribution in [0.25, 0.3) is 0 Å². The van der Waals surface area contributed by atoms with Crippen LogP contribution in [0.3, 0.4) is 0 Å². The molecule has 2 N–H and O–H groups in total. The summed E-state index contributed by atoms with van der Waals surface area (Å²) in [7, 11) is -3.85. The molecule has 4 nitrogen and oxygen atoms in total. The van der Waals surface area contributed by atoms with Gasteiger partial charge in [0.05, 0.1) is 5.25 Å². The third-order valence-electron chi connectivity index (χ3n) is 4.31. The molecule has 22 heavy (non-hydrogen) atoms. The van der Waals surface area contributed by atoms with Gasteiger partial charge in [0.15, 0.2) is 0 Å². The van der Waals surface area contributed by atoms with Crippen molar-refractivity contribution in [2.75, 3.05) is 6.61 Å². The first kappa shape index (κ1) is 21.9. The smallest absolute Gasteiger partial charge is 0.267 e. The Morgan fingerprint density at radius 2 is 1.09 bits per heavy atom. The first-order valence-electron chi connectivity index (χ1n) is 9.09. The predicted octanol–water partition coefficient (Wildman–Crippen LogP) is 4.72. The van der Waals surface area contributed by atoms with Gasteiger partial charge in [-0.05, 0) is 19.3 Å². The van der Waals surface area contributed by atoms with E-state index in [1.807, 2.05) is 6.92 Å². The molecule has 0 heterocycles. The van der Waals surface area contributed by atoms with E-state index in [0.29, 0.717) is 19.4 Å². The Kier molecular flexibility index (Phi) is 14.4. The van der Waals surface area contributed by atoms with Crippen LogP contribution in [0, 0.1) is 0 Å². The zero-order valence-corrected chi connectivity index (χ0v) is 15.1. The summed E-state index contributed by atoms with van der Waals surface area (Å²) >= 11 is 0. The molecule has 0 aromatic rings. The minimum Gasteiger partial charge on any atom is -0.396 e. The van der Waals surface area contributed by atoms with Crippen molar-refractivity contribution >= 4 is 10.1 Å². The van der Waals surface area contributed by atoms with Gasteiger partial charge in [0.25, 0.3) is 10.1 Å². The maximum atomic E-state index is 11.1. The second-order valence-corrected chi connectivity index (χ2v) is 8.00. The number of unbranched alkanes of at least 4 members (excludes halogenated alkanes) is 11. The average Bonchev–Trinajstić information content (AvgIpc) is 2.46. The number of aliphatic hydroxyl groups excluding tert-OH is 1. The number of hydrogen-bond donors (Lipinski definition) is 2. The largest absolute Gasteiger partial charge is 0.396 e. The lowest BCUT2D eigenvalue weighted by molar-refractivity contribution is 0.282. The van der Waals surface area contributed by atoms with Crippen LogP contribution in [0.5, 0.6) is 0 Å². The van der Waals surface area contributed by atoms with Crippen molar-refractivity contribution in [3.8, 4) is 0 Å². The molecule has 0 rings (SSSR count). The van der Waals surface area contributed by atoms with Crippen LogP contribution in [0.4, 0.5) is 0 Å². The Labute approximate surface area is 137 Å². The van der Waals surface area contributed by atoms with Gasteiger partial charge < -0.3 is 5.11 Å². The minimum absolute atomic E-state index is 0.323. The zero-order chi connectivity index (χ0) is 16.7. The van der Waals surface area contributed by atoms with Crippen molar-refractivity contribution < 1.29 is 18.1 Å². The Balaban J connectivity index is 3.27. The normalized spacial score (nSPS) is 13.4. The Bertz CT molecular complexity index is 328. The van der Waals surface area contributed by atoms with Crippen molar-refractivity contribution in [3.63, 3.8) is 0 Å². The highest BCUT2D eigenvalue weighted by molar-refractivity contribution is 7.86. The molecule has 134 valence electrons. The molecular weight excluding hydrogens is 300 g/mol. The molecule has 0 aromatic heterocycles. The SMILES string of the molecule is CCC(CCCCCCCCCCCCCCO)S(=O)(=O)O. The van der Waals surface area contributed by atoms with E-state index in [-0.39, 0.29) is 0 Å². The zero-order valence-electron chi connectivity index (χ0n) is 14.3.